The number of benzene rings is 2. The van der Waals surface area contributed by atoms with Crippen molar-refractivity contribution in [1.82, 2.24) is 4.98 Å². The van der Waals surface area contributed by atoms with E-state index in [2.05, 4.69) is 6.92 Å². The molecule has 1 aliphatic heterocycles. The van der Waals surface area contributed by atoms with Crippen LogP contribution < -0.4 is 9.64 Å². The van der Waals surface area contributed by atoms with Crippen LogP contribution in [0.25, 0.3) is 10.2 Å². The van der Waals surface area contributed by atoms with Crippen molar-refractivity contribution in [3.63, 3.8) is 0 Å². The Bertz CT molecular complexity index is 999. The summed E-state index contributed by atoms with van der Waals surface area (Å²) in [5.74, 6) is 1.68. The van der Waals surface area contributed by atoms with Gasteiger partial charge < -0.3 is 9.47 Å². The Morgan fingerprint density at radius 2 is 2.21 bits per heavy atom. The number of hydrogen-bond donors (Lipinski definition) is 0. The maximum Gasteiger partial charge on any atom is 0.261 e. The van der Waals surface area contributed by atoms with Gasteiger partial charge in [-0.2, -0.15) is 0 Å². The first-order valence-electron chi connectivity index (χ1n) is 9.79. The van der Waals surface area contributed by atoms with Gasteiger partial charge in [-0.15, -0.1) is 11.8 Å². The smallest absolute Gasteiger partial charge is 0.261 e. The van der Waals surface area contributed by atoms with Crippen molar-refractivity contribution in [3.8, 4) is 5.75 Å². The number of methoxy groups -OCH3 is 1. The van der Waals surface area contributed by atoms with Crippen molar-refractivity contribution in [1.29, 1.82) is 0 Å². The van der Waals surface area contributed by atoms with E-state index in [1.807, 2.05) is 42.5 Å². The molecular weight excluding hydrogens is 404 g/mol. The summed E-state index contributed by atoms with van der Waals surface area (Å²) < 4.78 is 12.2. The fraction of sp³-hybridized carbons (Fsp3) is 0.364. The summed E-state index contributed by atoms with van der Waals surface area (Å²) in [4.78, 5) is 21.2. The van der Waals surface area contributed by atoms with Crippen LogP contribution in [0.4, 0.5) is 5.13 Å². The summed E-state index contributed by atoms with van der Waals surface area (Å²) in [5.41, 5.74) is 1.58. The van der Waals surface area contributed by atoms with Crippen molar-refractivity contribution in [3.05, 3.63) is 48.0 Å². The van der Waals surface area contributed by atoms with Crippen molar-refractivity contribution in [2.45, 2.75) is 30.8 Å². The lowest BCUT2D eigenvalue weighted by Crippen LogP contribution is -2.37. The second kappa shape index (κ2) is 9.15. The summed E-state index contributed by atoms with van der Waals surface area (Å²) in [5, 5.41) is 0.699. The molecule has 1 fully saturated rings. The lowest BCUT2D eigenvalue weighted by molar-refractivity contribution is 0.0915. The van der Waals surface area contributed by atoms with Gasteiger partial charge >= 0.3 is 0 Å². The molecule has 0 N–H and O–H groups in total. The molecule has 1 unspecified atom stereocenters. The zero-order chi connectivity index (χ0) is 20.2. The Hall–Kier alpha value is -2.09. The first-order chi connectivity index (χ1) is 14.2. The number of ether oxygens (including phenoxy) is 2. The molecule has 0 spiro atoms. The van der Waals surface area contributed by atoms with E-state index in [0.29, 0.717) is 17.2 Å². The van der Waals surface area contributed by atoms with E-state index in [1.54, 1.807) is 23.8 Å². The van der Waals surface area contributed by atoms with Gasteiger partial charge in [0.2, 0.25) is 0 Å². The van der Waals surface area contributed by atoms with Gasteiger partial charge in [-0.1, -0.05) is 30.4 Å². The lowest BCUT2D eigenvalue weighted by Gasteiger charge is -2.24. The highest BCUT2D eigenvalue weighted by Gasteiger charge is 2.28. The first kappa shape index (κ1) is 20.2. The summed E-state index contributed by atoms with van der Waals surface area (Å²) in [6.45, 7) is 3.37. The van der Waals surface area contributed by atoms with Gasteiger partial charge in [-0.3, -0.25) is 9.69 Å². The molecule has 0 bridgehead atoms. The molecule has 0 aliphatic carbocycles. The fourth-order valence-corrected chi connectivity index (χ4v) is 5.24. The molecule has 152 valence electrons. The minimum atomic E-state index is -0.0249. The van der Waals surface area contributed by atoms with E-state index >= 15 is 0 Å². The molecule has 0 saturated carbocycles. The van der Waals surface area contributed by atoms with Gasteiger partial charge in [0.05, 0.1) is 35.5 Å². The number of fused-ring (bicyclic) bond motifs is 1. The summed E-state index contributed by atoms with van der Waals surface area (Å²) in [6, 6.07) is 13.6. The van der Waals surface area contributed by atoms with Gasteiger partial charge in [0.1, 0.15) is 5.75 Å². The third-order valence-corrected chi connectivity index (χ3v) is 6.88. The van der Waals surface area contributed by atoms with Crippen LogP contribution in [0.2, 0.25) is 0 Å². The minimum absolute atomic E-state index is 0.0249. The van der Waals surface area contributed by atoms with Gasteiger partial charge in [0.15, 0.2) is 5.13 Å². The Labute approximate surface area is 179 Å². The highest BCUT2D eigenvalue weighted by Crippen LogP contribution is 2.34. The number of rotatable bonds is 7. The van der Waals surface area contributed by atoms with Crippen LogP contribution in [0.5, 0.6) is 5.75 Å². The van der Waals surface area contributed by atoms with Crippen molar-refractivity contribution < 1.29 is 14.3 Å². The van der Waals surface area contributed by atoms with Crippen LogP contribution in [0.15, 0.2) is 47.4 Å². The quantitative estimate of drug-likeness (QED) is 0.482. The lowest BCUT2D eigenvalue weighted by atomic mass is 10.1. The summed E-state index contributed by atoms with van der Waals surface area (Å²) in [7, 11) is 1.65. The average molecular weight is 429 g/mol. The third kappa shape index (κ3) is 4.42. The number of carbonyl (C=O) groups excluding carboxylic acids is 1. The van der Waals surface area contributed by atoms with Gasteiger partial charge in [-0.25, -0.2) is 4.98 Å². The minimum Gasteiger partial charge on any atom is -0.497 e. The van der Waals surface area contributed by atoms with Gasteiger partial charge in [0, 0.05) is 11.5 Å². The maximum atomic E-state index is 13.6. The second-order valence-corrected chi connectivity index (χ2v) is 9.13. The van der Waals surface area contributed by atoms with Crippen molar-refractivity contribution >= 4 is 44.4 Å². The highest BCUT2D eigenvalue weighted by atomic mass is 32.2. The zero-order valence-electron chi connectivity index (χ0n) is 16.6. The summed E-state index contributed by atoms with van der Waals surface area (Å²) >= 11 is 3.20. The number of nitrogens with zero attached hydrogens (tertiary/aromatic N) is 2. The molecule has 3 aromatic rings. The van der Waals surface area contributed by atoms with Crippen LogP contribution in [0.1, 0.15) is 30.1 Å². The molecule has 2 aromatic carbocycles. The largest absolute Gasteiger partial charge is 0.497 e. The van der Waals surface area contributed by atoms with Gasteiger partial charge in [0.25, 0.3) is 5.91 Å². The predicted molar refractivity (Wildman–Crippen MR) is 120 cm³/mol. The SMILES string of the molecule is CCSc1ccccc1C(=O)N(CC1CCCO1)c1nc2ccc(OC)cc2s1. The normalized spacial score (nSPS) is 16.3. The number of hydrogen-bond acceptors (Lipinski definition) is 6. The van der Waals surface area contributed by atoms with Crippen molar-refractivity contribution in [2.24, 2.45) is 0 Å². The Morgan fingerprint density at radius 3 is 2.97 bits per heavy atom. The van der Waals surface area contributed by atoms with E-state index in [-0.39, 0.29) is 12.0 Å². The zero-order valence-corrected chi connectivity index (χ0v) is 18.2. The van der Waals surface area contributed by atoms with E-state index in [9.17, 15) is 4.79 Å². The van der Waals surface area contributed by atoms with E-state index in [0.717, 1.165) is 46.1 Å². The number of carbonyl (C=O) groups is 1. The van der Waals surface area contributed by atoms with Crippen LogP contribution in [0, 0.1) is 0 Å². The standard InChI is InChI=1S/C22H24N2O3S2/c1-3-28-19-9-5-4-8-17(19)21(25)24(14-16-7-6-12-27-16)22-23-18-11-10-15(26-2)13-20(18)29-22/h4-5,8-11,13,16H,3,6-7,12,14H2,1-2H3. The molecule has 7 heteroatoms. The van der Waals surface area contributed by atoms with Crippen LogP contribution in [-0.4, -0.2) is 43.0 Å². The number of anilines is 1. The second-order valence-electron chi connectivity index (χ2n) is 6.81. The fourth-order valence-electron chi connectivity index (χ4n) is 3.45. The maximum absolute atomic E-state index is 13.6. The Kier molecular flexibility index (Phi) is 6.37. The molecule has 0 radical (unpaired) electrons. The van der Waals surface area contributed by atoms with Crippen molar-refractivity contribution in [2.75, 3.05) is 30.9 Å². The number of aromatic nitrogens is 1. The topological polar surface area (TPSA) is 51.7 Å². The van der Waals surface area contributed by atoms with E-state index < -0.39 is 0 Å². The van der Waals surface area contributed by atoms with Crippen LogP contribution in [0.3, 0.4) is 0 Å². The Morgan fingerprint density at radius 1 is 1.34 bits per heavy atom. The van der Waals surface area contributed by atoms with Crippen LogP contribution in [-0.2, 0) is 4.74 Å². The Balaban J connectivity index is 1.72. The monoisotopic (exact) mass is 428 g/mol. The molecule has 2 heterocycles. The molecule has 4 rings (SSSR count). The molecule has 1 atom stereocenters. The first-order valence-corrected chi connectivity index (χ1v) is 11.6. The summed E-state index contributed by atoms with van der Waals surface area (Å²) in [6.07, 6.45) is 2.05. The average Bonchev–Trinajstić information content (AvgIpc) is 3.41. The van der Waals surface area contributed by atoms with E-state index in [1.165, 1.54) is 11.3 Å². The molecule has 29 heavy (non-hydrogen) atoms. The van der Waals surface area contributed by atoms with E-state index in [4.69, 9.17) is 14.5 Å². The number of thioether (sulfide) groups is 1. The molecule has 1 aliphatic rings. The number of amides is 1. The van der Waals surface area contributed by atoms with Gasteiger partial charge in [-0.05, 0) is 48.9 Å². The molecule has 1 aromatic heterocycles. The third-order valence-electron chi connectivity index (χ3n) is 4.89. The molecular formula is C22H24N2O3S2. The molecule has 1 amide bonds. The predicted octanol–water partition coefficient (Wildman–Crippen LogP) is 5.24. The molecule has 5 nitrogen and oxygen atoms in total. The molecule has 1 saturated heterocycles. The number of thiazole rings is 1. The van der Waals surface area contributed by atoms with Crippen LogP contribution >= 0.6 is 23.1 Å². The highest BCUT2D eigenvalue weighted by molar-refractivity contribution is 7.99.